The summed E-state index contributed by atoms with van der Waals surface area (Å²) in [5.41, 5.74) is 1.05. The van der Waals surface area contributed by atoms with E-state index in [4.69, 9.17) is 4.99 Å². The fourth-order valence-electron chi connectivity index (χ4n) is 3.19. The second kappa shape index (κ2) is 9.60. The maximum atomic E-state index is 10.3. The van der Waals surface area contributed by atoms with Gasteiger partial charge in [-0.15, -0.1) is 24.0 Å². The molecule has 0 spiro atoms. The maximum Gasteiger partial charge on any atom is 0.193 e. The third-order valence-electron chi connectivity index (χ3n) is 4.74. The maximum absolute atomic E-state index is 10.3. The molecule has 2 N–H and O–H groups in total. The number of rotatable bonds is 5. The van der Waals surface area contributed by atoms with E-state index < -0.39 is 0 Å². The molecule has 0 aromatic carbocycles. The van der Waals surface area contributed by atoms with Gasteiger partial charge in [-0.3, -0.25) is 9.67 Å². The van der Waals surface area contributed by atoms with Gasteiger partial charge in [-0.05, 0) is 19.8 Å². The molecule has 1 aromatic rings. The monoisotopic (exact) mass is 449 g/mol. The van der Waals surface area contributed by atoms with Crippen LogP contribution in [0.4, 0.5) is 0 Å². The predicted octanol–water partition coefficient (Wildman–Crippen LogP) is 2.38. The lowest BCUT2D eigenvalue weighted by atomic mass is 9.73. The summed E-state index contributed by atoms with van der Waals surface area (Å²) < 4.78 is 1.81. The molecule has 7 heteroatoms. The molecule has 1 heterocycles. The number of nitrogens with zero attached hydrogens (tertiary/aromatic N) is 4. The summed E-state index contributed by atoms with van der Waals surface area (Å²) in [5, 5.41) is 17.9. The molecule has 24 heavy (non-hydrogen) atoms. The zero-order chi connectivity index (χ0) is 16.9. The van der Waals surface area contributed by atoms with E-state index in [-0.39, 0.29) is 35.5 Å². The van der Waals surface area contributed by atoms with Gasteiger partial charge < -0.3 is 15.3 Å². The van der Waals surface area contributed by atoms with Gasteiger partial charge in [0.1, 0.15) is 0 Å². The molecule has 0 aliphatic heterocycles. The van der Waals surface area contributed by atoms with Crippen molar-refractivity contribution in [3.05, 3.63) is 18.0 Å². The van der Waals surface area contributed by atoms with Gasteiger partial charge >= 0.3 is 0 Å². The topological polar surface area (TPSA) is 65.7 Å². The highest BCUT2D eigenvalue weighted by molar-refractivity contribution is 14.0. The third-order valence-corrected chi connectivity index (χ3v) is 4.74. The molecular formula is C17H32IN5O. The van der Waals surface area contributed by atoms with E-state index in [1.165, 1.54) is 6.42 Å². The summed E-state index contributed by atoms with van der Waals surface area (Å²) in [4.78, 5) is 6.92. The molecule has 0 bridgehead atoms. The molecule has 0 amide bonds. The van der Waals surface area contributed by atoms with Crippen LogP contribution in [0.15, 0.2) is 17.4 Å². The molecule has 0 saturated heterocycles. The first-order chi connectivity index (χ1) is 10.9. The van der Waals surface area contributed by atoms with Crippen molar-refractivity contribution in [2.45, 2.75) is 52.2 Å². The Labute approximate surface area is 162 Å². The molecular weight excluding hydrogens is 417 g/mol. The average molecular weight is 449 g/mol. The van der Waals surface area contributed by atoms with Crippen molar-refractivity contribution in [3.8, 4) is 0 Å². The molecule has 2 atom stereocenters. The SMILES string of the molecule is CCNC(=NCC1(C)CCCCC1O)N(C)Cc1cnn(C)c1.I. The normalized spacial score (nSPS) is 24.4. The Morgan fingerprint density at radius 2 is 2.29 bits per heavy atom. The van der Waals surface area contributed by atoms with Gasteiger partial charge in [0.25, 0.3) is 0 Å². The minimum absolute atomic E-state index is 0. The lowest BCUT2D eigenvalue weighted by molar-refractivity contribution is 0.00705. The number of guanidine groups is 1. The largest absolute Gasteiger partial charge is 0.392 e. The van der Waals surface area contributed by atoms with Crippen LogP contribution in [-0.4, -0.2) is 52.0 Å². The summed E-state index contributed by atoms with van der Waals surface area (Å²) in [6.45, 7) is 6.48. The number of hydrogen-bond donors (Lipinski definition) is 2. The number of halogens is 1. The van der Waals surface area contributed by atoms with Crippen molar-refractivity contribution < 1.29 is 5.11 Å². The number of aromatic nitrogens is 2. The number of aryl methyl sites for hydroxylation is 1. The van der Waals surface area contributed by atoms with Crippen LogP contribution in [-0.2, 0) is 13.6 Å². The summed E-state index contributed by atoms with van der Waals surface area (Å²) in [6.07, 6.45) is 7.91. The van der Waals surface area contributed by atoms with Gasteiger partial charge in [-0.1, -0.05) is 19.8 Å². The van der Waals surface area contributed by atoms with E-state index in [1.807, 2.05) is 31.2 Å². The first-order valence-electron chi connectivity index (χ1n) is 8.59. The molecule has 1 aliphatic rings. The molecule has 2 unspecified atom stereocenters. The van der Waals surface area contributed by atoms with Gasteiger partial charge in [-0.2, -0.15) is 5.10 Å². The second-order valence-corrected chi connectivity index (χ2v) is 6.96. The van der Waals surface area contributed by atoms with Crippen LogP contribution in [0.1, 0.15) is 45.1 Å². The second-order valence-electron chi connectivity index (χ2n) is 6.96. The fraction of sp³-hybridized carbons (Fsp3) is 0.765. The van der Waals surface area contributed by atoms with Gasteiger partial charge in [0.15, 0.2) is 5.96 Å². The molecule has 138 valence electrons. The lowest BCUT2D eigenvalue weighted by Gasteiger charge is -2.37. The van der Waals surface area contributed by atoms with Crippen molar-refractivity contribution in [2.75, 3.05) is 20.1 Å². The van der Waals surface area contributed by atoms with Crippen molar-refractivity contribution in [2.24, 2.45) is 17.5 Å². The Kier molecular flexibility index (Phi) is 8.49. The van der Waals surface area contributed by atoms with Crippen LogP contribution in [0.5, 0.6) is 0 Å². The molecule has 6 nitrogen and oxygen atoms in total. The number of nitrogens with one attached hydrogen (secondary N) is 1. The van der Waals surface area contributed by atoms with Gasteiger partial charge in [0.2, 0.25) is 0 Å². The van der Waals surface area contributed by atoms with Crippen LogP contribution in [0.25, 0.3) is 0 Å². The van der Waals surface area contributed by atoms with Crippen LogP contribution >= 0.6 is 24.0 Å². The van der Waals surface area contributed by atoms with Gasteiger partial charge in [0, 0.05) is 44.4 Å². The molecule has 2 rings (SSSR count). The average Bonchev–Trinajstić information content (AvgIpc) is 2.92. The smallest absolute Gasteiger partial charge is 0.193 e. The van der Waals surface area contributed by atoms with E-state index in [9.17, 15) is 5.11 Å². The first-order valence-corrected chi connectivity index (χ1v) is 8.59. The molecule has 1 aromatic heterocycles. The van der Waals surface area contributed by atoms with Crippen molar-refractivity contribution in [1.29, 1.82) is 0 Å². The minimum atomic E-state index is -0.244. The Morgan fingerprint density at radius 1 is 1.54 bits per heavy atom. The number of aliphatic imine (C=N–C) groups is 1. The Morgan fingerprint density at radius 3 is 2.88 bits per heavy atom. The highest BCUT2D eigenvalue weighted by Gasteiger charge is 2.35. The van der Waals surface area contributed by atoms with Crippen LogP contribution in [0.3, 0.4) is 0 Å². The van der Waals surface area contributed by atoms with E-state index in [1.54, 1.807) is 0 Å². The van der Waals surface area contributed by atoms with Crippen molar-refractivity contribution in [3.63, 3.8) is 0 Å². The summed E-state index contributed by atoms with van der Waals surface area (Å²) >= 11 is 0. The van der Waals surface area contributed by atoms with E-state index in [2.05, 4.69) is 29.2 Å². The standard InChI is InChI=1S/C17H31N5O.HI/c1-5-18-16(21(3)11-14-10-20-22(4)12-14)19-13-17(2)9-7-6-8-15(17)23;/h10,12,15,23H,5-9,11,13H2,1-4H3,(H,18,19);1H. The number of hydrogen-bond acceptors (Lipinski definition) is 3. The minimum Gasteiger partial charge on any atom is -0.392 e. The van der Waals surface area contributed by atoms with Crippen LogP contribution in [0, 0.1) is 5.41 Å². The van der Waals surface area contributed by atoms with Gasteiger partial charge in [0.05, 0.1) is 18.8 Å². The fourth-order valence-corrected chi connectivity index (χ4v) is 3.19. The Hall–Kier alpha value is -0.830. The number of aliphatic hydroxyl groups excluding tert-OH is 1. The Balaban J connectivity index is 0.00000288. The third kappa shape index (κ3) is 5.61. The lowest BCUT2D eigenvalue weighted by Crippen LogP contribution is -2.42. The van der Waals surface area contributed by atoms with E-state index in [0.717, 1.165) is 43.9 Å². The highest BCUT2D eigenvalue weighted by atomic mass is 127. The van der Waals surface area contributed by atoms with Gasteiger partial charge in [-0.25, -0.2) is 0 Å². The molecule has 1 aliphatic carbocycles. The number of aliphatic hydroxyl groups is 1. The summed E-state index contributed by atoms with van der Waals surface area (Å²) in [6, 6.07) is 0. The highest BCUT2D eigenvalue weighted by Crippen LogP contribution is 2.36. The predicted molar refractivity (Wildman–Crippen MR) is 109 cm³/mol. The Bertz CT molecular complexity index is 533. The molecule has 0 radical (unpaired) electrons. The van der Waals surface area contributed by atoms with Crippen LogP contribution in [0.2, 0.25) is 0 Å². The zero-order valence-corrected chi connectivity index (χ0v) is 17.7. The first kappa shape index (κ1) is 21.2. The zero-order valence-electron chi connectivity index (χ0n) is 15.3. The summed E-state index contributed by atoms with van der Waals surface area (Å²) in [5.74, 6) is 0.885. The molecule has 1 fully saturated rings. The van der Waals surface area contributed by atoms with Crippen molar-refractivity contribution in [1.82, 2.24) is 20.0 Å². The van der Waals surface area contributed by atoms with Crippen LogP contribution < -0.4 is 5.32 Å². The quantitative estimate of drug-likeness (QED) is 0.412. The van der Waals surface area contributed by atoms with E-state index in [0.29, 0.717) is 6.54 Å². The summed E-state index contributed by atoms with van der Waals surface area (Å²) in [7, 11) is 3.96. The van der Waals surface area contributed by atoms with E-state index >= 15 is 0 Å². The van der Waals surface area contributed by atoms with Crippen molar-refractivity contribution >= 4 is 29.9 Å². The molecule has 1 saturated carbocycles.